The van der Waals surface area contributed by atoms with Crippen molar-refractivity contribution in [3.05, 3.63) is 81.8 Å². The molecule has 0 fully saturated rings. The van der Waals surface area contributed by atoms with E-state index in [2.05, 4.69) is 16.2 Å². The number of ether oxygens (including phenoxy) is 1. The monoisotopic (exact) mass is 437 g/mol. The lowest BCUT2D eigenvalue weighted by Gasteiger charge is -2.15. The number of hydrazine groups is 1. The van der Waals surface area contributed by atoms with Gasteiger partial charge in [0.1, 0.15) is 11.5 Å². The maximum Gasteiger partial charge on any atom is 0.189 e. The summed E-state index contributed by atoms with van der Waals surface area (Å²) in [5.74, 6) is 1.50. The number of anilines is 2. The largest absolute Gasteiger partial charge is 0.457 e. The topological polar surface area (TPSA) is 45.3 Å². The highest BCUT2D eigenvalue weighted by Crippen LogP contribution is 2.33. The van der Waals surface area contributed by atoms with E-state index < -0.39 is 0 Å². The summed E-state index contributed by atoms with van der Waals surface area (Å²) in [5.41, 5.74) is 6.98. The van der Waals surface area contributed by atoms with Crippen LogP contribution in [0.15, 0.2) is 66.7 Å². The molecule has 0 radical (unpaired) electrons. The molecule has 0 saturated heterocycles. The SMILES string of the molecule is S=C(NNc1c(Cl)cc(Cl)cc1Cl)Nc1ccc(Oc2ccccc2)cc1. The first-order valence-corrected chi connectivity index (χ1v) is 9.36. The van der Waals surface area contributed by atoms with Crippen LogP contribution in [0.4, 0.5) is 11.4 Å². The number of para-hydroxylation sites is 1. The normalized spacial score (nSPS) is 10.2. The predicted octanol–water partition coefficient (Wildman–Crippen LogP) is 6.75. The Morgan fingerprint density at radius 2 is 1.41 bits per heavy atom. The average molecular weight is 439 g/mol. The molecule has 0 saturated carbocycles. The van der Waals surface area contributed by atoms with E-state index in [0.29, 0.717) is 25.9 Å². The zero-order valence-corrected chi connectivity index (χ0v) is 16.9. The van der Waals surface area contributed by atoms with E-state index in [0.717, 1.165) is 17.2 Å². The van der Waals surface area contributed by atoms with Gasteiger partial charge in [-0.15, -0.1) is 0 Å². The molecule has 0 unspecified atom stereocenters. The van der Waals surface area contributed by atoms with Crippen molar-refractivity contribution in [2.24, 2.45) is 0 Å². The standard InChI is InChI=1S/C19H14Cl3N3OS/c20-12-10-16(21)18(17(22)11-12)24-25-19(27)23-13-6-8-15(9-7-13)26-14-4-2-1-3-5-14/h1-11,24H,(H2,23,25,27). The Hall–Kier alpha value is -2.18. The summed E-state index contributed by atoms with van der Waals surface area (Å²) in [6.45, 7) is 0. The van der Waals surface area contributed by atoms with Crippen LogP contribution in [-0.4, -0.2) is 5.11 Å². The molecule has 0 heterocycles. The molecule has 3 rings (SSSR count). The van der Waals surface area contributed by atoms with Gasteiger partial charge in [0.25, 0.3) is 0 Å². The van der Waals surface area contributed by atoms with Gasteiger partial charge in [-0.1, -0.05) is 53.0 Å². The number of halogens is 3. The second kappa shape index (κ2) is 9.15. The molecule has 8 heteroatoms. The van der Waals surface area contributed by atoms with E-state index in [9.17, 15) is 0 Å². The smallest absolute Gasteiger partial charge is 0.189 e. The minimum Gasteiger partial charge on any atom is -0.457 e. The van der Waals surface area contributed by atoms with Crippen LogP contribution >= 0.6 is 47.0 Å². The summed E-state index contributed by atoms with van der Waals surface area (Å²) in [6.07, 6.45) is 0. The first-order valence-electron chi connectivity index (χ1n) is 7.82. The Morgan fingerprint density at radius 1 is 0.815 bits per heavy atom. The van der Waals surface area contributed by atoms with Crippen molar-refractivity contribution >= 4 is 63.5 Å². The highest BCUT2D eigenvalue weighted by atomic mass is 35.5. The Labute approximate surface area is 177 Å². The van der Waals surface area contributed by atoms with Gasteiger partial charge in [0.05, 0.1) is 15.7 Å². The van der Waals surface area contributed by atoms with E-state index >= 15 is 0 Å². The van der Waals surface area contributed by atoms with Gasteiger partial charge < -0.3 is 10.1 Å². The Balaban J connectivity index is 1.55. The minimum atomic E-state index is 0.341. The molecular weight excluding hydrogens is 425 g/mol. The van der Waals surface area contributed by atoms with Crippen molar-refractivity contribution in [2.45, 2.75) is 0 Å². The average Bonchev–Trinajstić information content (AvgIpc) is 2.63. The maximum atomic E-state index is 6.11. The van der Waals surface area contributed by atoms with Crippen LogP contribution in [0.5, 0.6) is 11.5 Å². The zero-order valence-electron chi connectivity index (χ0n) is 13.8. The zero-order chi connectivity index (χ0) is 19.2. The lowest BCUT2D eigenvalue weighted by molar-refractivity contribution is 0.483. The first-order chi connectivity index (χ1) is 13.0. The van der Waals surface area contributed by atoms with Crippen LogP contribution < -0.4 is 20.9 Å². The third kappa shape index (κ3) is 5.65. The summed E-state index contributed by atoms with van der Waals surface area (Å²) < 4.78 is 5.75. The molecule has 0 atom stereocenters. The Bertz CT molecular complexity index is 914. The van der Waals surface area contributed by atoms with Gasteiger partial charge in [0.2, 0.25) is 0 Å². The lowest BCUT2D eigenvalue weighted by atomic mass is 10.3. The molecule has 0 aliphatic heterocycles. The molecule has 0 aliphatic carbocycles. The number of rotatable bonds is 5. The molecular formula is C19H14Cl3N3OS. The van der Waals surface area contributed by atoms with Crippen molar-refractivity contribution in [2.75, 3.05) is 10.7 Å². The van der Waals surface area contributed by atoms with Crippen LogP contribution in [0.3, 0.4) is 0 Å². The molecule has 0 aliphatic rings. The van der Waals surface area contributed by atoms with E-state index in [1.54, 1.807) is 12.1 Å². The van der Waals surface area contributed by atoms with Crippen molar-refractivity contribution in [1.82, 2.24) is 5.43 Å². The van der Waals surface area contributed by atoms with Crippen LogP contribution in [-0.2, 0) is 0 Å². The summed E-state index contributed by atoms with van der Waals surface area (Å²) in [5, 5.41) is 4.60. The number of hydrogen-bond acceptors (Lipinski definition) is 3. The van der Waals surface area contributed by atoms with Crippen LogP contribution in [0.1, 0.15) is 0 Å². The van der Waals surface area contributed by atoms with E-state index in [1.807, 2.05) is 54.6 Å². The van der Waals surface area contributed by atoms with Gasteiger partial charge in [0.15, 0.2) is 5.11 Å². The highest BCUT2D eigenvalue weighted by Gasteiger charge is 2.08. The van der Waals surface area contributed by atoms with E-state index in [-0.39, 0.29) is 0 Å². The fraction of sp³-hybridized carbons (Fsp3) is 0. The number of benzene rings is 3. The Morgan fingerprint density at radius 3 is 2.04 bits per heavy atom. The third-order valence-corrected chi connectivity index (χ3v) is 4.42. The van der Waals surface area contributed by atoms with Crippen LogP contribution in [0.2, 0.25) is 15.1 Å². The van der Waals surface area contributed by atoms with Gasteiger partial charge in [-0.25, -0.2) is 0 Å². The second-order valence-corrected chi connectivity index (χ2v) is 7.05. The second-order valence-electron chi connectivity index (χ2n) is 5.39. The number of thiocarbonyl (C=S) groups is 1. The third-order valence-electron chi connectivity index (χ3n) is 3.40. The fourth-order valence-corrected chi connectivity index (χ4v) is 3.25. The fourth-order valence-electron chi connectivity index (χ4n) is 2.17. The quantitative estimate of drug-likeness (QED) is 0.304. The maximum absolute atomic E-state index is 6.11. The Kier molecular flexibility index (Phi) is 6.63. The first kappa shape index (κ1) is 19.6. The predicted molar refractivity (Wildman–Crippen MR) is 117 cm³/mol. The summed E-state index contributed by atoms with van der Waals surface area (Å²) in [7, 11) is 0. The molecule has 138 valence electrons. The molecule has 3 aromatic carbocycles. The van der Waals surface area contributed by atoms with Crippen molar-refractivity contribution < 1.29 is 4.74 Å². The summed E-state index contributed by atoms with van der Waals surface area (Å²) in [6, 6.07) is 20.1. The van der Waals surface area contributed by atoms with Crippen LogP contribution in [0, 0.1) is 0 Å². The number of nitrogens with one attached hydrogen (secondary N) is 3. The van der Waals surface area contributed by atoms with Crippen molar-refractivity contribution in [1.29, 1.82) is 0 Å². The molecule has 3 N–H and O–H groups in total. The van der Waals surface area contributed by atoms with Crippen LogP contribution in [0.25, 0.3) is 0 Å². The molecule has 3 aromatic rings. The lowest BCUT2D eigenvalue weighted by Crippen LogP contribution is -2.33. The van der Waals surface area contributed by atoms with Crippen molar-refractivity contribution in [3.8, 4) is 11.5 Å². The summed E-state index contributed by atoms with van der Waals surface area (Å²) in [4.78, 5) is 0. The summed E-state index contributed by atoms with van der Waals surface area (Å²) >= 11 is 23.4. The van der Waals surface area contributed by atoms with E-state index in [4.69, 9.17) is 51.8 Å². The van der Waals surface area contributed by atoms with Crippen molar-refractivity contribution in [3.63, 3.8) is 0 Å². The van der Waals surface area contributed by atoms with Gasteiger partial charge in [-0.3, -0.25) is 10.9 Å². The molecule has 0 aromatic heterocycles. The van der Waals surface area contributed by atoms with E-state index in [1.165, 1.54) is 0 Å². The number of hydrogen-bond donors (Lipinski definition) is 3. The van der Waals surface area contributed by atoms with Gasteiger partial charge in [-0.2, -0.15) is 0 Å². The van der Waals surface area contributed by atoms with Gasteiger partial charge in [0, 0.05) is 10.7 Å². The molecule has 4 nitrogen and oxygen atoms in total. The highest BCUT2D eigenvalue weighted by molar-refractivity contribution is 7.80. The molecule has 0 amide bonds. The minimum absolute atomic E-state index is 0.341. The molecule has 0 bridgehead atoms. The van der Waals surface area contributed by atoms with Gasteiger partial charge in [-0.05, 0) is 60.7 Å². The molecule has 0 spiro atoms. The van der Waals surface area contributed by atoms with Gasteiger partial charge >= 0.3 is 0 Å². The molecule has 27 heavy (non-hydrogen) atoms.